The van der Waals surface area contributed by atoms with E-state index in [2.05, 4.69) is 4.98 Å². The van der Waals surface area contributed by atoms with Crippen molar-refractivity contribution in [2.45, 2.75) is 26.7 Å². The van der Waals surface area contributed by atoms with E-state index in [1.54, 1.807) is 25.1 Å². The Hall–Kier alpha value is -1.56. The van der Waals surface area contributed by atoms with Crippen molar-refractivity contribution in [3.05, 3.63) is 24.1 Å². The molecule has 6 heteroatoms. The van der Waals surface area contributed by atoms with Crippen LogP contribution in [0.2, 0.25) is 0 Å². The van der Waals surface area contributed by atoms with Crippen LogP contribution in [0.4, 0.5) is 0 Å². The molecule has 5 nitrogen and oxygen atoms in total. The van der Waals surface area contributed by atoms with E-state index in [1.807, 2.05) is 6.92 Å². The van der Waals surface area contributed by atoms with Crippen molar-refractivity contribution < 1.29 is 17.0 Å². The quantitative estimate of drug-likeness (QED) is 0.780. The molecule has 18 heavy (non-hydrogen) atoms. The Morgan fingerprint density at radius 1 is 1.39 bits per heavy atom. The van der Waals surface area contributed by atoms with E-state index in [1.165, 1.54) is 0 Å². The number of fused-ring (bicyclic) bond motifs is 1. The van der Waals surface area contributed by atoms with Gasteiger partial charge in [-0.3, -0.25) is 0 Å². The van der Waals surface area contributed by atoms with E-state index in [-0.39, 0.29) is 11.5 Å². The first-order valence-corrected chi connectivity index (χ1v) is 7.37. The highest BCUT2D eigenvalue weighted by Crippen LogP contribution is 2.22. The second-order valence-corrected chi connectivity index (χ2v) is 5.75. The van der Waals surface area contributed by atoms with Crippen LogP contribution in [0.5, 0.6) is 5.75 Å². The topological polar surface area (TPSA) is 69.4 Å². The lowest BCUT2D eigenvalue weighted by Gasteiger charge is -2.05. The van der Waals surface area contributed by atoms with Gasteiger partial charge in [0.15, 0.2) is 11.5 Å². The number of rotatable bonds is 5. The van der Waals surface area contributed by atoms with Crippen molar-refractivity contribution in [3.8, 4) is 5.75 Å². The Labute approximate surface area is 106 Å². The molecule has 0 radical (unpaired) electrons. The molecule has 2 rings (SSSR count). The van der Waals surface area contributed by atoms with Gasteiger partial charge in [-0.05, 0) is 18.6 Å². The summed E-state index contributed by atoms with van der Waals surface area (Å²) in [5.41, 5.74) is 1.21. The molecule has 1 aromatic heterocycles. The molecule has 98 valence electrons. The number of unbranched alkanes of at least 4 members (excludes halogenated alkanes) is 1. The molecule has 0 aliphatic rings. The van der Waals surface area contributed by atoms with E-state index in [9.17, 15) is 8.42 Å². The van der Waals surface area contributed by atoms with Gasteiger partial charge in [-0.25, -0.2) is 4.98 Å². The van der Waals surface area contributed by atoms with E-state index in [0.29, 0.717) is 23.4 Å². The number of oxazole rings is 1. The van der Waals surface area contributed by atoms with E-state index >= 15 is 0 Å². The van der Waals surface area contributed by atoms with Crippen LogP contribution in [0, 0.1) is 6.92 Å². The Morgan fingerprint density at radius 3 is 2.89 bits per heavy atom. The molecular weight excluding hydrogens is 254 g/mol. The molecular formula is C12H15NO4S. The molecule has 0 saturated heterocycles. The molecule has 1 heterocycles. The average molecular weight is 269 g/mol. The second kappa shape index (κ2) is 4.97. The lowest BCUT2D eigenvalue weighted by Crippen LogP contribution is -2.13. The van der Waals surface area contributed by atoms with Crippen LogP contribution in [-0.2, 0) is 10.1 Å². The molecule has 0 N–H and O–H groups in total. The number of benzene rings is 1. The highest BCUT2D eigenvalue weighted by molar-refractivity contribution is 7.87. The maximum absolute atomic E-state index is 11.6. The minimum Gasteiger partial charge on any atom is -0.441 e. The van der Waals surface area contributed by atoms with Crippen LogP contribution < -0.4 is 4.18 Å². The summed E-state index contributed by atoms with van der Waals surface area (Å²) >= 11 is 0. The van der Waals surface area contributed by atoms with E-state index in [4.69, 9.17) is 8.60 Å². The summed E-state index contributed by atoms with van der Waals surface area (Å²) < 4.78 is 33.6. The summed E-state index contributed by atoms with van der Waals surface area (Å²) in [7, 11) is -3.52. The van der Waals surface area contributed by atoms with Crippen LogP contribution in [0.15, 0.2) is 22.6 Å². The number of aromatic nitrogens is 1. The van der Waals surface area contributed by atoms with Gasteiger partial charge >= 0.3 is 10.1 Å². The van der Waals surface area contributed by atoms with E-state index < -0.39 is 10.1 Å². The zero-order valence-electron chi connectivity index (χ0n) is 10.3. The summed E-state index contributed by atoms with van der Waals surface area (Å²) in [4.78, 5) is 4.12. The first kappa shape index (κ1) is 12.9. The average Bonchev–Trinajstić information content (AvgIpc) is 2.65. The third-order valence-corrected chi connectivity index (χ3v) is 3.67. The van der Waals surface area contributed by atoms with Crippen molar-refractivity contribution in [3.63, 3.8) is 0 Å². The first-order chi connectivity index (χ1) is 8.50. The van der Waals surface area contributed by atoms with Crippen LogP contribution >= 0.6 is 0 Å². The fourth-order valence-electron chi connectivity index (χ4n) is 1.58. The lowest BCUT2D eigenvalue weighted by atomic mass is 10.3. The highest BCUT2D eigenvalue weighted by Gasteiger charge is 2.13. The highest BCUT2D eigenvalue weighted by atomic mass is 32.2. The number of aryl methyl sites for hydroxylation is 1. The zero-order chi connectivity index (χ0) is 13.2. The molecule has 0 aliphatic heterocycles. The van der Waals surface area contributed by atoms with Crippen molar-refractivity contribution in [2.75, 3.05) is 5.75 Å². The Kier molecular flexibility index (Phi) is 3.56. The largest absolute Gasteiger partial charge is 0.441 e. The summed E-state index contributed by atoms with van der Waals surface area (Å²) in [5.74, 6) is 0.835. The van der Waals surface area contributed by atoms with Crippen LogP contribution in [0.25, 0.3) is 11.1 Å². The molecule has 0 fully saturated rings. The van der Waals surface area contributed by atoms with Gasteiger partial charge in [0, 0.05) is 13.0 Å². The molecule has 0 aliphatic carbocycles. The normalized spacial score (nSPS) is 11.9. The second-order valence-electron chi connectivity index (χ2n) is 4.06. The summed E-state index contributed by atoms with van der Waals surface area (Å²) in [5, 5.41) is 0. The van der Waals surface area contributed by atoms with Crippen molar-refractivity contribution in [1.29, 1.82) is 0 Å². The number of hydrogen-bond acceptors (Lipinski definition) is 5. The van der Waals surface area contributed by atoms with Gasteiger partial charge in [0.25, 0.3) is 0 Å². The zero-order valence-corrected chi connectivity index (χ0v) is 11.2. The maximum atomic E-state index is 11.6. The standard InChI is InChI=1S/C12H15NO4S/c1-3-4-7-18(14,15)17-10-5-6-12-11(8-10)13-9(2)16-12/h5-6,8H,3-4,7H2,1-2H3. The Bertz CT molecular complexity index is 645. The molecule has 0 amide bonds. The Morgan fingerprint density at radius 2 is 2.17 bits per heavy atom. The Balaban J connectivity index is 2.21. The summed E-state index contributed by atoms with van der Waals surface area (Å²) in [6.07, 6.45) is 1.40. The molecule has 0 bridgehead atoms. The van der Waals surface area contributed by atoms with Gasteiger partial charge in [-0.2, -0.15) is 8.42 Å². The van der Waals surface area contributed by atoms with Gasteiger partial charge in [0.2, 0.25) is 0 Å². The fraction of sp³-hybridized carbons (Fsp3) is 0.417. The van der Waals surface area contributed by atoms with Crippen LogP contribution in [-0.4, -0.2) is 19.2 Å². The monoisotopic (exact) mass is 269 g/mol. The first-order valence-electron chi connectivity index (χ1n) is 5.79. The van der Waals surface area contributed by atoms with Gasteiger partial charge in [0.05, 0.1) is 5.75 Å². The maximum Gasteiger partial charge on any atom is 0.309 e. The van der Waals surface area contributed by atoms with E-state index in [0.717, 1.165) is 6.42 Å². The smallest absolute Gasteiger partial charge is 0.309 e. The van der Waals surface area contributed by atoms with Crippen molar-refractivity contribution in [1.82, 2.24) is 4.98 Å². The minimum atomic E-state index is -3.52. The van der Waals surface area contributed by atoms with Gasteiger partial charge in [-0.1, -0.05) is 13.3 Å². The SMILES string of the molecule is CCCCS(=O)(=O)Oc1ccc2oc(C)nc2c1. The molecule has 1 aromatic carbocycles. The third-order valence-electron chi connectivity index (χ3n) is 2.44. The van der Waals surface area contributed by atoms with Gasteiger partial charge in [0.1, 0.15) is 11.3 Å². The van der Waals surface area contributed by atoms with Gasteiger partial charge < -0.3 is 8.60 Å². The predicted octanol–water partition coefficient (Wildman–Crippen LogP) is 2.64. The summed E-state index contributed by atoms with van der Waals surface area (Å²) in [6.45, 7) is 3.66. The van der Waals surface area contributed by atoms with Crippen LogP contribution in [0.1, 0.15) is 25.7 Å². The molecule has 0 saturated carbocycles. The van der Waals surface area contributed by atoms with Crippen molar-refractivity contribution >= 4 is 21.2 Å². The third kappa shape index (κ3) is 3.01. The molecule has 0 spiro atoms. The molecule has 2 aromatic rings. The minimum absolute atomic E-state index is 0.0272. The van der Waals surface area contributed by atoms with Crippen LogP contribution in [0.3, 0.4) is 0 Å². The fourth-order valence-corrected chi connectivity index (χ4v) is 2.71. The predicted molar refractivity (Wildman–Crippen MR) is 68.1 cm³/mol. The summed E-state index contributed by atoms with van der Waals surface area (Å²) in [6, 6.07) is 4.78. The number of nitrogens with zero attached hydrogens (tertiary/aromatic N) is 1. The number of hydrogen-bond donors (Lipinski definition) is 0. The molecule has 0 unspecified atom stereocenters. The molecule has 0 atom stereocenters. The van der Waals surface area contributed by atoms with Gasteiger partial charge in [-0.15, -0.1) is 0 Å². The lowest BCUT2D eigenvalue weighted by molar-refractivity contribution is 0.484. The van der Waals surface area contributed by atoms with Crippen molar-refractivity contribution in [2.24, 2.45) is 0 Å².